The van der Waals surface area contributed by atoms with Gasteiger partial charge in [0.1, 0.15) is 5.54 Å². The zero-order valence-electron chi connectivity index (χ0n) is 12.5. The van der Waals surface area contributed by atoms with Gasteiger partial charge in [0, 0.05) is 12.4 Å². The zero-order chi connectivity index (χ0) is 14.8. The SMILES string of the molecule is CCCC1(C(=O)O)CCCN1C(C)c1nccnc1C. The first-order valence-electron chi connectivity index (χ1n) is 7.30. The quantitative estimate of drug-likeness (QED) is 0.896. The fourth-order valence-electron chi connectivity index (χ4n) is 3.46. The number of aliphatic carboxylic acids is 1. The number of carboxylic acid groups (broad SMARTS) is 1. The monoisotopic (exact) mass is 277 g/mol. The number of aryl methyl sites for hydroxylation is 1. The average Bonchev–Trinajstić information content (AvgIpc) is 2.84. The summed E-state index contributed by atoms with van der Waals surface area (Å²) in [6.45, 7) is 6.82. The number of hydrogen-bond donors (Lipinski definition) is 1. The molecular formula is C15H23N3O2. The predicted octanol–water partition coefficient (Wildman–Crippen LogP) is 2.57. The summed E-state index contributed by atoms with van der Waals surface area (Å²) in [5, 5.41) is 9.75. The van der Waals surface area contributed by atoms with E-state index in [0.29, 0.717) is 6.42 Å². The van der Waals surface area contributed by atoms with Gasteiger partial charge in [-0.2, -0.15) is 0 Å². The molecule has 20 heavy (non-hydrogen) atoms. The van der Waals surface area contributed by atoms with Crippen LogP contribution in [-0.4, -0.2) is 38.0 Å². The average molecular weight is 277 g/mol. The number of aromatic nitrogens is 2. The lowest BCUT2D eigenvalue weighted by molar-refractivity contribution is -0.151. The van der Waals surface area contributed by atoms with Crippen LogP contribution < -0.4 is 0 Å². The maximum Gasteiger partial charge on any atom is 0.324 e. The van der Waals surface area contributed by atoms with Crippen molar-refractivity contribution in [3.8, 4) is 0 Å². The van der Waals surface area contributed by atoms with Gasteiger partial charge >= 0.3 is 5.97 Å². The van der Waals surface area contributed by atoms with Crippen molar-refractivity contribution in [1.82, 2.24) is 14.9 Å². The molecule has 1 saturated heterocycles. The number of nitrogens with zero attached hydrogens (tertiary/aromatic N) is 3. The van der Waals surface area contributed by atoms with Crippen molar-refractivity contribution in [3.05, 3.63) is 23.8 Å². The van der Waals surface area contributed by atoms with E-state index >= 15 is 0 Å². The van der Waals surface area contributed by atoms with Crippen LogP contribution in [0.3, 0.4) is 0 Å². The van der Waals surface area contributed by atoms with Crippen LogP contribution in [0.5, 0.6) is 0 Å². The first-order chi connectivity index (χ1) is 9.53. The van der Waals surface area contributed by atoms with E-state index in [1.807, 2.05) is 20.8 Å². The molecule has 1 fully saturated rings. The molecule has 2 heterocycles. The summed E-state index contributed by atoms with van der Waals surface area (Å²) in [7, 11) is 0. The molecule has 1 N–H and O–H groups in total. The van der Waals surface area contributed by atoms with Gasteiger partial charge in [0.05, 0.1) is 17.4 Å². The normalized spacial score (nSPS) is 24.8. The van der Waals surface area contributed by atoms with Crippen LogP contribution >= 0.6 is 0 Å². The Hall–Kier alpha value is -1.49. The molecule has 2 atom stereocenters. The Morgan fingerprint density at radius 3 is 2.80 bits per heavy atom. The van der Waals surface area contributed by atoms with Crippen LogP contribution in [0.15, 0.2) is 12.4 Å². The van der Waals surface area contributed by atoms with Gasteiger partial charge in [-0.15, -0.1) is 0 Å². The molecular weight excluding hydrogens is 254 g/mol. The molecule has 0 spiro atoms. The van der Waals surface area contributed by atoms with Crippen LogP contribution in [-0.2, 0) is 4.79 Å². The fourth-order valence-corrected chi connectivity index (χ4v) is 3.46. The first kappa shape index (κ1) is 14.9. The number of rotatable bonds is 5. The van der Waals surface area contributed by atoms with E-state index in [4.69, 9.17) is 0 Å². The summed E-state index contributed by atoms with van der Waals surface area (Å²) in [6, 6.07) is -0.0196. The second-order valence-corrected chi connectivity index (χ2v) is 5.59. The molecule has 1 aliphatic rings. The van der Waals surface area contributed by atoms with Crippen molar-refractivity contribution in [3.63, 3.8) is 0 Å². The Balaban J connectivity index is 2.35. The highest BCUT2D eigenvalue weighted by Gasteiger charge is 2.49. The molecule has 1 aliphatic heterocycles. The van der Waals surface area contributed by atoms with E-state index in [9.17, 15) is 9.90 Å². The van der Waals surface area contributed by atoms with Crippen molar-refractivity contribution in [2.75, 3.05) is 6.54 Å². The van der Waals surface area contributed by atoms with Gasteiger partial charge in [-0.05, 0) is 39.7 Å². The van der Waals surface area contributed by atoms with Gasteiger partial charge in [-0.25, -0.2) is 0 Å². The Bertz CT molecular complexity index is 492. The van der Waals surface area contributed by atoms with E-state index in [-0.39, 0.29) is 6.04 Å². The second-order valence-electron chi connectivity index (χ2n) is 5.59. The summed E-state index contributed by atoms with van der Waals surface area (Å²) >= 11 is 0. The molecule has 5 nitrogen and oxygen atoms in total. The topological polar surface area (TPSA) is 66.3 Å². The van der Waals surface area contributed by atoms with Gasteiger partial charge in [0.2, 0.25) is 0 Å². The maximum absolute atomic E-state index is 11.9. The minimum absolute atomic E-state index is 0.0196. The maximum atomic E-state index is 11.9. The van der Waals surface area contributed by atoms with E-state index in [1.54, 1.807) is 12.4 Å². The van der Waals surface area contributed by atoms with E-state index < -0.39 is 11.5 Å². The standard InChI is InChI=1S/C15H23N3O2/c1-4-6-15(14(19)20)7-5-10-18(15)12(3)13-11(2)16-8-9-17-13/h8-9,12H,4-7,10H2,1-3H3,(H,19,20). The third kappa shape index (κ3) is 2.42. The fraction of sp³-hybridized carbons (Fsp3) is 0.667. The number of hydrogen-bond acceptors (Lipinski definition) is 4. The highest BCUT2D eigenvalue weighted by atomic mass is 16.4. The van der Waals surface area contributed by atoms with Crippen LogP contribution in [0.1, 0.15) is 57.0 Å². The zero-order valence-corrected chi connectivity index (χ0v) is 12.5. The van der Waals surface area contributed by atoms with Gasteiger partial charge in [0.15, 0.2) is 0 Å². The number of carboxylic acids is 1. The summed E-state index contributed by atoms with van der Waals surface area (Å²) in [5.74, 6) is -0.703. The minimum Gasteiger partial charge on any atom is -0.480 e. The third-order valence-corrected chi connectivity index (χ3v) is 4.38. The summed E-state index contributed by atoms with van der Waals surface area (Å²) in [6.07, 6.45) is 6.56. The molecule has 2 rings (SSSR count). The smallest absolute Gasteiger partial charge is 0.324 e. The predicted molar refractivity (Wildman–Crippen MR) is 76.4 cm³/mol. The molecule has 1 aromatic rings. The van der Waals surface area contributed by atoms with E-state index in [0.717, 1.165) is 37.2 Å². The van der Waals surface area contributed by atoms with Gasteiger partial charge < -0.3 is 5.11 Å². The van der Waals surface area contributed by atoms with Gasteiger partial charge in [-0.3, -0.25) is 19.7 Å². The number of likely N-dealkylation sites (tertiary alicyclic amines) is 1. The summed E-state index contributed by atoms with van der Waals surface area (Å²) < 4.78 is 0. The van der Waals surface area contributed by atoms with Crippen molar-refractivity contribution in [2.45, 2.75) is 58.0 Å². The lowest BCUT2D eigenvalue weighted by atomic mass is 9.89. The van der Waals surface area contributed by atoms with Crippen LogP contribution in [0.25, 0.3) is 0 Å². The van der Waals surface area contributed by atoms with E-state index in [1.165, 1.54) is 0 Å². The Morgan fingerprint density at radius 1 is 1.50 bits per heavy atom. The largest absolute Gasteiger partial charge is 0.480 e. The Morgan fingerprint density at radius 2 is 2.20 bits per heavy atom. The molecule has 0 saturated carbocycles. The highest BCUT2D eigenvalue weighted by molar-refractivity contribution is 5.79. The number of carbonyl (C=O) groups is 1. The first-order valence-corrected chi connectivity index (χ1v) is 7.30. The van der Waals surface area contributed by atoms with Crippen molar-refractivity contribution in [2.24, 2.45) is 0 Å². The molecule has 2 unspecified atom stereocenters. The summed E-state index contributed by atoms with van der Waals surface area (Å²) in [4.78, 5) is 22.7. The van der Waals surface area contributed by atoms with Gasteiger partial charge in [-0.1, -0.05) is 13.3 Å². The van der Waals surface area contributed by atoms with Crippen molar-refractivity contribution < 1.29 is 9.90 Å². The summed E-state index contributed by atoms with van der Waals surface area (Å²) in [5.41, 5.74) is 1.02. The highest BCUT2D eigenvalue weighted by Crippen LogP contribution is 2.40. The molecule has 5 heteroatoms. The van der Waals surface area contributed by atoms with Crippen LogP contribution in [0.2, 0.25) is 0 Å². The second kappa shape index (κ2) is 5.87. The lowest BCUT2D eigenvalue weighted by Gasteiger charge is -2.38. The lowest BCUT2D eigenvalue weighted by Crippen LogP contribution is -2.51. The molecule has 0 aromatic carbocycles. The molecule has 110 valence electrons. The molecule has 1 aromatic heterocycles. The Labute approximate surface area is 120 Å². The van der Waals surface area contributed by atoms with Crippen LogP contribution in [0.4, 0.5) is 0 Å². The molecule has 0 radical (unpaired) electrons. The van der Waals surface area contributed by atoms with Crippen molar-refractivity contribution in [1.29, 1.82) is 0 Å². The molecule has 0 bridgehead atoms. The van der Waals surface area contributed by atoms with Crippen molar-refractivity contribution >= 4 is 5.97 Å². The minimum atomic E-state index is -0.738. The Kier molecular flexibility index (Phi) is 4.38. The molecule has 0 aliphatic carbocycles. The van der Waals surface area contributed by atoms with Gasteiger partial charge in [0.25, 0.3) is 0 Å². The van der Waals surface area contributed by atoms with E-state index in [2.05, 4.69) is 14.9 Å². The third-order valence-electron chi connectivity index (χ3n) is 4.38. The molecule has 0 amide bonds. The van der Waals surface area contributed by atoms with Crippen LogP contribution in [0, 0.1) is 6.92 Å².